The van der Waals surface area contributed by atoms with Crippen molar-refractivity contribution in [3.8, 4) is 0 Å². The van der Waals surface area contributed by atoms with Crippen molar-refractivity contribution in [1.29, 1.82) is 0 Å². The second-order valence-electron chi connectivity index (χ2n) is 2.91. The SMILES string of the molecule is Cc1cc(N2CCOCC2)on1. The van der Waals surface area contributed by atoms with E-state index in [1.165, 1.54) is 0 Å². The van der Waals surface area contributed by atoms with Gasteiger partial charge in [0.05, 0.1) is 18.9 Å². The predicted octanol–water partition coefficient (Wildman–Crippen LogP) is 0.820. The molecule has 0 aliphatic carbocycles. The summed E-state index contributed by atoms with van der Waals surface area (Å²) < 4.78 is 10.3. The lowest BCUT2D eigenvalue weighted by atomic mass is 10.4. The van der Waals surface area contributed by atoms with E-state index in [0.717, 1.165) is 37.9 Å². The van der Waals surface area contributed by atoms with Crippen LogP contribution < -0.4 is 4.90 Å². The molecule has 4 heteroatoms. The highest BCUT2D eigenvalue weighted by atomic mass is 16.5. The molecular formula is C8H12N2O2. The summed E-state index contributed by atoms with van der Waals surface area (Å²) in [5.74, 6) is 0.857. The molecule has 2 rings (SSSR count). The molecule has 1 aromatic heterocycles. The summed E-state index contributed by atoms with van der Waals surface area (Å²) in [5, 5.41) is 3.83. The molecule has 1 aromatic rings. The standard InChI is InChI=1S/C8H12N2O2/c1-7-6-8(12-9-7)10-2-4-11-5-3-10/h6H,2-5H2,1H3. The van der Waals surface area contributed by atoms with Gasteiger partial charge in [-0.2, -0.15) is 0 Å². The van der Waals surface area contributed by atoms with Crippen LogP contribution in [0.5, 0.6) is 0 Å². The van der Waals surface area contributed by atoms with E-state index in [2.05, 4.69) is 10.1 Å². The smallest absolute Gasteiger partial charge is 0.227 e. The maximum atomic E-state index is 5.22. The van der Waals surface area contributed by atoms with Gasteiger partial charge in [0, 0.05) is 19.2 Å². The molecule has 4 nitrogen and oxygen atoms in total. The third kappa shape index (κ3) is 1.43. The molecule has 0 saturated carbocycles. The summed E-state index contributed by atoms with van der Waals surface area (Å²) in [5.41, 5.74) is 0.927. The summed E-state index contributed by atoms with van der Waals surface area (Å²) in [6.07, 6.45) is 0. The van der Waals surface area contributed by atoms with E-state index in [0.29, 0.717) is 0 Å². The van der Waals surface area contributed by atoms with Gasteiger partial charge in [0.1, 0.15) is 0 Å². The van der Waals surface area contributed by atoms with Gasteiger partial charge in [-0.1, -0.05) is 5.16 Å². The largest absolute Gasteiger partial charge is 0.378 e. The van der Waals surface area contributed by atoms with E-state index in [4.69, 9.17) is 9.26 Å². The summed E-state index contributed by atoms with van der Waals surface area (Å²) in [7, 11) is 0. The number of rotatable bonds is 1. The van der Waals surface area contributed by atoms with Crippen molar-refractivity contribution in [2.75, 3.05) is 31.2 Å². The number of morpholine rings is 1. The fourth-order valence-electron chi connectivity index (χ4n) is 1.28. The molecule has 0 amide bonds. The fourth-order valence-corrected chi connectivity index (χ4v) is 1.28. The minimum atomic E-state index is 0.778. The van der Waals surface area contributed by atoms with Crippen molar-refractivity contribution in [2.24, 2.45) is 0 Å². The van der Waals surface area contributed by atoms with E-state index in [9.17, 15) is 0 Å². The van der Waals surface area contributed by atoms with Crippen molar-refractivity contribution in [1.82, 2.24) is 5.16 Å². The van der Waals surface area contributed by atoms with E-state index in [1.54, 1.807) is 0 Å². The summed E-state index contributed by atoms with van der Waals surface area (Å²) in [6.45, 7) is 5.27. The first kappa shape index (κ1) is 7.61. The Balaban J connectivity index is 2.08. The van der Waals surface area contributed by atoms with Gasteiger partial charge in [-0.15, -0.1) is 0 Å². The van der Waals surface area contributed by atoms with Crippen LogP contribution in [0.15, 0.2) is 10.6 Å². The van der Waals surface area contributed by atoms with E-state index in [1.807, 2.05) is 13.0 Å². The summed E-state index contributed by atoms with van der Waals surface area (Å²) in [4.78, 5) is 2.14. The molecule has 0 radical (unpaired) electrons. The van der Waals surface area contributed by atoms with Crippen LogP contribution in [-0.2, 0) is 4.74 Å². The molecule has 0 unspecified atom stereocenters. The highest BCUT2D eigenvalue weighted by molar-refractivity contribution is 5.35. The first-order chi connectivity index (χ1) is 5.86. The lowest BCUT2D eigenvalue weighted by molar-refractivity contribution is 0.120. The highest BCUT2D eigenvalue weighted by Gasteiger charge is 2.14. The van der Waals surface area contributed by atoms with Crippen molar-refractivity contribution < 1.29 is 9.26 Å². The van der Waals surface area contributed by atoms with Crippen LogP contribution in [0.3, 0.4) is 0 Å². The zero-order valence-electron chi connectivity index (χ0n) is 7.12. The molecular weight excluding hydrogens is 156 g/mol. The van der Waals surface area contributed by atoms with Crippen LogP contribution in [0.25, 0.3) is 0 Å². The average Bonchev–Trinajstić information content (AvgIpc) is 2.54. The Morgan fingerprint density at radius 2 is 2.17 bits per heavy atom. The predicted molar refractivity (Wildman–Crippen MR) is 44.3 cm³/mol. The first-order valence-corrected chi connectivity index (χ1v) is 4.12. The van der Waals surface area contributed by atoms with Gasteiger partial charge in [-0.05, 0) is 6.92 Å². The third-order valence-electron chi connectivity index (χ3n) is 1.94. The van der Waals surface area contributed by atoms with Gasteiger partial charge in [-0.25, -0.2) is 0 Å². The number of hydrogen-bond acceptors (Lipinski definition) is 4. The lowest BCUT2D eigenvalue weighted by Gasteiger charge is -2.25. The van der Waals surface area contributed by atoms with Crippen LogP contribution in [-0.4, -0.2) is 31.5 Å². The van der Waals surface area contributed by atoms with E-state index < -0.39 is 0 Å². The van der Waals surface area contributed by atoms with Crippen molar-refractivity contribution in [3.63, 3.8) is 0 Å². The van der Waals surface area contributed by atoms with Gasteiger partial charge in [0.15, 0.2) is 0 Å². The van der Waals surface area contributed by atoms with Crippen LogP contribution >= 0.6 is 0 Å². The molecule has 1 saturated heterocycles. The van der Waals surface area contributed by atoms with Gasteiger partial charge >= 0.3 is 0 Å². The second-order valence-corrected chi connectivity index (χ2v) is 2.91. The number of aryl methyl sites for hydroxylation is 1. The molecule has 1 aliphatic rings. The van der Waals surface area contributed by atoms with Gasteiger partial charge < -0.3 is 14.2 Å². The number of hydrogen-bond donors (Lipinski definition) is 0. The zero-order chi connectivity index (χ0) is 8.39. The average molecular weight is 168 g/mol. The van der Waals surface area contributed by atoms with Crippen LogP contribution in [0, 0.1) is 6.92 Å². The second kappa shape index (κ2) is 3.15. The Morgan fingerprint density at radius 3 is 2.75 bits per heavy atom. The van der Waals surface area contributed by atoms with Gasteiger partial charge in [0.2, 0.25) is 5.88 Å². The Hall–Kier alpha value is -1.03. The Morgan fingerprint density at radius 1 is 1.42 bits per heavy atom. The minimum Gasteiger partial charge on any atom is -0.378 e. The monoisotopic (exact) mass is 168 g/mol. The highest BCUT2D eigenvalue weighted by Crippen LogP contribution is 2.15. The number of nitrogens with zero attached hydrogens (tertiary/aromatic N) is 2. The normalized spacial score (nSPS) is 18.2. The molecule has 1 aliphatic heterocycles. The van der Waals surface area contributed by atoms with Crippen LogP contribution in [0.1, 0.15) is 5.69 Å². The molecule has 12 heavy (non-hydrogen) atoms. The van der Waals surface area contributed by atoms with Gasteiger partial charge in [-0.3, -0.25) is 0 Å². The maximum Gasteiger partial charge on any atom is 0.227 e. The first-order valence-electron chi connectivity index (χ1n) is 4.12. The molecule has 66 valence electrons. The molecule has 0 N–H and O–H groups in total. The van der Waals surface area contributed by atoms with Crippen molar-refractivity contribution >= 4 is 5.88 Å². The van der Waals surface area contributed by atoms with Crippen molar-refractivity contribution in [3.05, 3.63) is 11.8 Å². The molecule has 0 aromatic carbocycles. The van der Waals surface area contributed by atoms with Crippen LogP contribution in [0.2, 0.25) is 0 Å². The quantitative estimate of drug-likeness (QED) is 0.622. The number of anilines is 1. The Labute approximate surface area is 71.1 Å². The summed E-state index contributed by atoms with van der Waals surface area (Å²) in [6, 6.07) is 1.95. The topological polar surface area (TPSA) is 38.5 Å². The van der Waals surface area contributed by atoms with E-state index >= 15 is 0 Å². The summed E-state index contributed by atoms with van der Waals surface area (Å²) >= 11 is 0. The zero-order valence-corrected chi connectivity index (χ0v) is 7.12. The Kier molecular flexibility index (Phi) is 1.99. The molecule has 0 atom stereocenters. The minimum absolute atomic E-state index is 0.778. The number of aromatic nitrogens is 1. The third-order valence-corrected chi connectivity index (χ3v) is 1.94. The molecule has 0 spiro atoms. The Bertz CT molecular complexity index is 253. The molecule has 0 bridgehead atoms. The maximum absolute atomic E-state index is 5.22. The molecule has 1 fully saturated rings. The lowest BCUT2D eigenvalue weighted by Crippen LogP contribution is -2.35. The fraction of sp³-hybridized carbons (Fsp3) is 0.625. The van der Waals surface area contributed by atoms with Crippen molar-refractivity contribution in [2.45, 2.75) is 6.92 Å². The van der Waals surface area contributed by atoms with Crippen LogP contribution in [0.4, 0.5) is 5.88 Å². The van der Waals surface area contributed by atoms with E-state index in [-0.39, 0.29) is 0 Å². The molecule has 2 heterocycles. The number of ether oxygens (including phenoxy) is 1. The van der Waals surface area contributed by atoms with Gasteiger partial charge in [0.25, 0.3) is 0 Å².